The molecule has 1 aliphatic carbocycles. The Morgan fingerprint density at radius 3 is 2.76 bits per heavy atom. The van der Waals surface area contributed by atoms with Crippen LogP contribution in [0.25, 0.3) is 0 Å². The van der Waals surface area contributed by atoms with Gasteiger partial charge in [0.1, 0.15) is 5.41 Å². The SMILES string of the molecule is COC(=O)C1(C)C2=NS(=O)(=O)c3cccc1c32. The molecule has 0 amide bonds. The summed E-state index contributed by atoms with van der Waals surface area (Å²) in [6.45, 7) is 1.63. The highest BCUT2D eigenvalue weighted by Crippen LogP contribution is 2.49. The van der Waals surface area contributed by atoms with Gasteiger partial charge in [0.05, 0.1) is 17.7 Å². The number of ether oxygens (including phenoxy) is 1. The normalized spacial score (nSPS) is 26.8. The third kappa shape index (κ3) is 0.969. The van der Waals surface area contributed by atoms with Gasteiger partial charge in [-0.2, -0.15) is 12.8 Å². The van der Waals surface area contributed by atoms with Crippen LogP contribution < -0.4 is 0 Å². The molecule has 1 aliphatic heterocycles. The van der Waals surface area contributed by atoms with Gasteiger partial charge in [-0.1, -0.05) is 12.1 Å². The number of esters is 1. The van der Waals surface area contributed by atoms with Gasteiger partial charge in [-0.15, -0.1) is 0 Å². The third-order valence-corrected chi connectivity index (χ3v) is 4.68. The van der Waals surface area contributed by atoms with Crippen LogP contribution in [0.1, 0.15) is 18.1 Å². The Labute approximate surface area is 98.2 Å². The molecule has 1 atom stereocenters. The van der Waals surface area contributed by atoms with E-state index in [1.165, 1.54) is 13.2 Å². The van der Waals surface area contributed by atoms with Crippen molar-refractivity contribution in [2.24, 2.45) is 4.40 Å². The summed E-state index contributed by atoms with van der Waals surface area (Å²) >= 11 is 0. The van der Waals surface area contributed by atoms with Gasteiger partial charge in [-0.05, 0) is 18.6 Å². The summed E-state index contributed by atoms with van der Waals surface area (Å²) in [6.07, 6.45) is 0. The number of methoxy groups -OCH3 is 1. The first-order valence-corrected chi connectivity index (χ1v) is 6.44. The fourth-order valence-electron chi connectivity index (χ4n) is 2.44. The molecule has 1 unspecified atom stereocenters. The van der Waals surface area contributed by atoms with E-state index in [-0.39, 0.29) is 4.90 Å². The van der Waals surface area contributed by atoms with Crippen LogP contribution in [0.5, 0.6) is 0 Å². The molecule has 0 aromatic heterocycles. The van der Waals surface area contributed by atoms with Crippen molar-refractivity contribution in [2.75, 3.05) is 7.11 Å². The molecule has 0 N–H and O–H groups in total. The summed E-state index contributed by atoms with van der Waals surface area (Å²) in [4.78, 5) is 12.0. The van der Waals surface area contributed by atoms with E-state index in [0.717, 1.165) is 0 Å². The molecule has 0 fully saturated rings. The smallest absolute Gasteiger partial charge is 0.322 e. The van der Waals surface area contributed by atoms with Gasteiger partial charge >= 0.3 is 5.97 Å². The average Bonchev–Trinajstić information content (AvgIpc) is 2.59. The van der Waals surface area contributed by atoms with Crippen molar-refractivity contribution in [2.45, 2.75) is 17.2 Å². The van der Waals surface area contributed by atoms with Crippen molar-refractivity contribution in [1.82, 2.24) is 0 Å². The summed E-state index contributed by atoms with van der Waals surface area (Å²) in [5.41, 5.74) is 0.487. The second-order valence-corrected chi connectivity index (χ2v) is 5.78. The molecule has 3 rings (SSSR count). The van der Waals surface area contributed by atoms with Gasteiger partial charge < -0.3 is 4.74 Å². The highest BCUT2D eigenvalue weighted by Gasteiger charge is 2.57. The predicted octanol–water partition coefficient (Wildman–Crippen LogP) is 0.622. The fraction of sp³-hybridized carbons (Fsp3) is 0.273. The minimum Gasteiger partial charge on any atom is -0.468 e. The minimum absolute atomic E-state index is 0.186. The summed E-state index contributed by atoms with van der Waals surface area (Å²) in [5, 5.41) is 0. The lowest BCUT2D eigenvalue weighted by atomic mass is 9.63. The Balaban J connectivity index is 2.36. The van der Waals surface area contributed by atoms with E-state index in [0.29, 0.717) is 16.8 Å². The van der Waals surface area contributed by atoms with Crippen LogP contribution >= 0.6 is 0 Å². The summed E-state index contributed by atoms with van der Waals surface area (Å²) in [6, 6.07) is 4.85. The summed E-state index contributed by atoms with van der Waals surface area (Å²) in [5.74, 6) is -0.488. The topological polar surface area (TPSA) is 72.8 Å². The first-order chi connectivity index (χ1) is 7.93. The highest BCUT2D eigenvalue weighted by atomic mass is 32.2. The first kappa shape index (κ1) is 10.5. The molecular formula is C11H9NO4S. The molecular weight excluding hydrogens is 242 g/mol. The molecule has 0 saturated carbocycles. The molecule has 1 aromatic rings. The molecule has 0 bridgehead atoms. The number of sulfonamides is 1. The van der Waals surface area contributed by atoms with E-state index >= 15 is 0 Å². The van der Waals surface area contributed by atoms with Crippen LogP contribution in [0.15, 0.2) is 27.5 Å². The Bertz CT molecular complexity index is 689. The lowest BCUT2D eigenvalue weighted by Gasteiger charge is -2.37. The van der Waals surface area contributed by atoms with Gasteiger partial charge in [0, 0.05) is 5.56 Å². The van der Waals surface area contributed by atoms with Crippen LogP contribution in [0, 0.1) is 0 Å². The largest absolute Gasteiger partial charge is 0.468 e. The second-order valence-electron chi connectivity index (χ2n) is 4.21. The number of carbonyl (C=O) groups is 1. The molecule has 5 nitrogen and oxygen atoms in total. The first-order valence-electron chi connectivity index (χ1n) is 5.00. The van der Waals surface area contributed by atoms with Crippen molar-refractivity contribution < 1.29 is 17.9 Å². The number of rotatable bonds is 1. The molecule has 0 saturated heterocycles. The van der Waals surface area contributed by atoms with Crippen LogP contribution in [0.3, 0.4) is 0 Å². The van der Waals surface area contributed by atoms with Gasteiger partial charge in [0.25, 0.3) is 10.0 Å². The Morgan fingerprint density at radius 2 is 2.12 bits per heavy atom. The Kier molecular flexibility index (Phi) is 1.70. The molecule has 1 aromatic carbocycles. The zero-order valence-corrected chi connectivity index (χ0v) is 10.0. The van der Waals surface area contributed by atoms with Gasteiger partial charge in [0.2, 0.25) is 0 Å². The van der Waals surface area contributed by atoms with Gasteiger partial charge in [-0.3, -0.25) is 4.79 Å². The minimum atomic E-state index is -3.64. The molecule has 17 heavy (non-hydrogen) atoms. The lowest BCUT2D eigenvalue weighted by molar-refractivity contribution is -0.144. The number of hydrogen-bond acceptors (Lipinski definition) is 4. The van der Waals surface area contributed by atoms with E-state index in [4.69, 9.17) is 4.74 Å². The molecule has 2 aliphatic rings. The predicted molar refractivity (Wildman–Crippen MR) is 59.5 cm³/mol. The Hall–Kier alpha value is -1.69. The standard InChI is InChI=1S/C11H9NO4S/c1-11(10(13)16-2)6-4-3-5-7-8(6)9(11)12-17(7,14)15/h3-5H,1-2H3. The van der Waals surface area contributed by atoms with Crippen LogP contribution in [-0.2, 0) is 25.0 Å². The molecule has 1 heterocycles. The maximum atomic E-state index is 11.8. The fourth-order valence-corrected chi connectivity index (χ4v) is 3.77. The molecule has 0 spiro atoms. The zero-order chi connectivity index (χ0) is 12.4. The molecule has 6 heteroatoms. The summed E-state index contributed by atoms with van der Waals surface area (Å²) in [7, 11) is -2.36. The highest BCUT2D eigenvalue weighted by molar-refractivity contribution is 7.90. The van der Waals surface area contributed by atoms with E-state index < -0.39 is 21.4 Å². The number of hydrogen-bond donors (Lipinski definition) is 0. The maximum absolute atomic E-state index is 11.8. The van der Waals surface area contributed by atoms with Crippen molar-refractivity contribution in [3.8, 4) is 0 Å². The number of benzene rings is 1. The van der Waals surface area contributed by atoms with E-state index in [2.05, 4.69) is 4.40 Å². The third-order valence-electron chi connectivity index (χ3n) is 3.36. The maximum Gasteiger partial charge on any atom is 0.322 e. The van der Waals surface area contributed by atoms with Crippen molar-refractivity contribution in [1.29, 1.82) is 0 Å². The lowest BCUT2D eigenvalue weighted by Crippen LogP contribution is -2.50. The zero-order valence-electron chi connectivity index (χ0n) is 9.22. The van der Waals surface area contributed by atoms with Crippen LogP contribution in [0.2, 0.25) is 0 Å². The van der Waals surface area contributed by atoms with E-state index in [1.807, 2.05) is 0 Å². The summed E-state index contributed by atoms with van der Waals surface area (Å²) < 4.78 is 31.9. The Morgan fingerprint density at radius 1 is 1.41 bits per heavy atom. The monoisotopic (exact) mass is 251 g/mol. The van der Waals surface area contributed by atoms with Crippen LogP contribution in [0.4, 0.5) is 0 Å². The van der Waals surface area contributed by atoms with Crippen LogP contribution in [-0.4, -0.2) is 27.2 Å². The molecule has 0 radical (unpaired) electrons. The van der Waals surface area contributed by atoms with Crippen molar-refractivity contribution in [3.63, 3.8) is 0 Å². The quantitative estimate of drug-likeness (QED) is 0.686. The van der Waals surface area contributed by atoms with Crippen molar-refractivity contribution in [3.05, 3.63) is 29.3 Å². The molecule has 88 valence electrons. The van der Waals surface area contributed by atoms with Crippen molar-refractivity contribution >= 4 is 21.7 Å². The van der Waals surface area contributed by atoms with Gasteiger partial charge in [0.15, 0.2) is 0 Å². The van der Waals surface area contributed by atoms with Gasteiger partial charge in [-0.25, -0.2) is 0 Å². The average molecular weight is 251 g/mol. The number of carbonyl (C=O) groups excluding carboxylic acids is 1. The second kappa shape index (κ2) is 2.76. The number of nitrogens with zero attached hydrogens (tertiary/aromatic N) is 1. The van der Waals surface area contributed by atoms with E-state index in [1.54, 1.807) is 19.1 Å². The van der Waals surface area contributed by atoms with E-state index in [9.17, 15) is 13.2 Å².